The summed E-state index contributed by atoms with van der Waals surface area (Å²) in [6.07, 6.45) is 0.627. The van der Waals surface area contributed by atoms with E-state index in [1.54, 1.807) is 19.0 Å². The molecule has 1 atom stereocenters. The van der Waals surface area contributed by atoms with Gasteiger partial charge in [0, 0.05) is 40.3 Å². The molecule has 26 heavy (non-hydrogen) atoms. The summed E-state index contributed by atoms with van der Waals surface area (Å²) in [7, 11) is 0.389. The molecule has 148 valence electrons. The molecule has 2 saturated heterocycles. The number of hydrogen-bond donors (Lipinski definition) is 1. The zero-order chi connectivity index (χ0) is 19.3. The van der Waals surface area contributed by atoms with Crippen LogP contribution in [-0.4, -0.2) is 106 Å². The highest BCUT2D eigenvalue weighted by Gasteiger charge is 2.29. The van der Waals surface area contributed by atoms with Crippen LogP contribution in [0.4, 0.5) is 0 Å². The summed E-state index contributed by atoms with van der Waals surface area (Å²) in [5.74, 6) is 0.809. The minimum absolute atomic E-state index is 0.0134. The van der Waals surface area contributed by atoms with Gasteiger partial charge in [-0.1, -0.05) is 0 Å². The minimum Gasteiger partial charge on any atom is -0.356 e. The number of nitrogens with one attached hydrogen (secondary N) is 1. The van der Waals surface area contributed by atoms with Crippen LogP contribution in [0, 0.1) is 5.92 Å². The van der Waals surface area contributed by atoms with Gasteiger partial charge < -0.3 is 20.0 Å². The summed E-state index contributed by atoms with van der Waals surface area (Å²) >= 11 is 0. The molecule has 2 heterocycles. The summed E-state index contributed by atoms with van der Waals surface area (Å²) in [6.45, 7) is 4.51. The number of hydrogen-bond acceptors (Lipinski definition) is 5. The quantitative estimate of drug-likeness (QED) is 0.461. The molecule has 0 spiro atoms. The number of guanidine groups is 1. The summed E-state index contributed by atoms with van der Waals surface area (Å²) in [4.78, 5) is 33.5. The number of carbonyl (C=O) groups excluding carboxylic acids is 2. The Morgan fingerprint density at radius 1 is 1.35 bits per heavy atom. The van der Waals surface area contributed by atoms with Gasteiger partial charge in [-0.15, -0.1) is 0 Å². The second-order valence-electron chi connectivity index (χ2n) is 6.97. The van der Waals surface area contributed by atoms with Crippen molar-refractivity contribution in [3.8, 4) is 0 Å². The largest absolute Gasteiger partial charge is 0.356 e. The van der Waals surface area contributed by atoms with Gasteiger partial charge in [0.2, 0.25) is 11.8 Å². The van der Waals surface area contributed by atoms with E-state index >= 15 is 0 Å². The third-order valence-electron chi connectivity index (χ3n) is 4.74. The van der Waals surface area contributed by atoms with E-state index in [-0.39, 0.29) is 42.3 Å². The molecule has 10 heteroatoms. The molecular weight excluding hydrogens is 358 g/mol. The number of aliphatic imine (C=N–C) groups is 1. The SMILES string of the molecule is CCN1CCN(C(=NCC(=O)N(C)C)NCC2CCS(=O)(=O)C2)CC1=O. The van der Waals surface area contributed by atoms with E-state index in [1.165, 1.54) is 4.90 Å². The van der Waals surface area contributed by atoms with Crippen molar-refractivity contribution in [3.05, 3.63) is 0 Å². The van der Waals surface area contributed by atoms with Gasteiger partial charge in [-0.2, -0.15) is 0 Å². The maximum Gasteiger partial charge on any atom is 0.243 e. The lowest BCUT2D eigenvalue weighted by Gasteiger charge is -2.35. The summed E-state index contributed by atoms with van der Waals surface area (Å²) < 4.78 is 23.2. The fourth-order valence-corrected chi connectivity index (χ4v) is 4.91. The van der Waals surface area contributed by atoms with E-state index in [0.717, 1.165) is 0 Å². The molecule has 0 radical (unpaired) electrons. The van der Waals surface area contributed by atoms with E-state index in [9.17, 15) is 18.0 Å². The molecule has 0 bridgehead atoms. The molecule has 0 aromatic rings. The Hall–Kier alpha value is -1.84. The lowest BCUT2D eigenvalue weighted by atomic mass is 10.1. The van der Waals surface area contributed by atoms with Crippen molar-refractivity contribution >= 4 is 27.6 Å². The molecule has 2 amide bonds. The van der Waals surface area contributed by atoms with Crippen molar-refractivity contribution in [1.82, 2.24) is 20.0 Å². The van der Waals surface area contributed by atoms with Gasteiger partial charge in [-0.25, -0.2) is 13.4 Å². The predicted molar refractivity (Wildman–Crippen MR) is 99.6 cm³/mol. The third kappa shape index (κ3) is 5.58. The van der Waals surface area contributed by atoms with Crippen molar-refractivity contribution in [3.63, 3.8) is 0 Å². The van der Waals surface area contributed by atoms with Crippen LogP contribution in [0.2, 0.25) is 0 Å². The number of piperazine rings is 1. The molecule has 0 aromatic heterocycles. The average molecular weight is 388 g/mol. The minimum atomic E-state index is -2.94. The summed E-state index contributed by atoms with van der Waals surface area (Å²) in [5, 5.41) is 3.19. The molecule has 9 nitrogen and oxygen atoms in total. The molecule has 0 saturated carbocycles. The van der Waals surface area contributed by atoms with Gasteiger partial charge >= 0.3 is 0 Å². The van der Waals surface area contributed by atoms with Crippen LogP contribution in [0.15, 0.2) is 4.99 Å². The first kappa shape index (κ1) is 20.5. The number of rotatable bonds is 5. The van der Waals surface area contributed by atoms with Gasteiger partial charge in [0.1, 0.15) is 6.54 Å². The predicted octanol–water partition coefficient (Wildman–Crippen LogP) is -1.38. The van der Waals surface area contributed by atoms with Crippen molar-refractivity contribution in [2.24, 2.45) is 10.9 Å². The second-order valence-corrected chi connectivity index (χ2v) is 9.20. The van der Waals surface area contributed by atoms with E-state index in [0.29, 0.717) is 38.6 Å². The average Bonchev–Trinajstić information content (AvgIpc) is 2.93. The van der Waals surface area contributed by atoms with Crippen LogP contribution in [0.5, 0.6) is 0 Å². The van der Waals surface area contributed by atoms with Crippen LogP contribution in [0.1, 0.15) is 13.3 Å². The number of carbonyl (C=O) groups is 2. The Morgan fingerprint density at radius 2 is 2.08 bits per heavy atom. The molecule has 2 rings (SSSR count). The molecule has 0 aliphatic carbocycles. The molecular formula is C16H29N5O4S. The van der Waals surface area contributed by atoms with Crippen LogP contribution in [-0.2, 0) is 19.4 Å². The van der Waals surface area contributed by atoms with Crippen LogP contribution in [0.3, 0.4) is 0 Å². The Kier molecular flexibility index (Phi) is 6.85. The molecule has 2 aliphatic heterocycles. The smallest absolute Gasteiger partial charge is 0.243 e. The second kappa shape index (κ2) is 8.70. The van der Waals surface area contributed by atoms with Crippen molar-refractivity contribution in [2.45, 2.75) is 13.3 Å². The highest BCUT2D eigenvalue weighted by Crippen LogP contribution is 2.17. The Labute approximate surface area is 155 Å². The van der Waals surface area contributed by atoms with Crippen molar-refractivity contribution in [1.29, 1.82) is 0 Å². The molecule has 1 unspecified atom stereocenters. The summed E-state index contributed by atoms with van der Waals surface area (Å²) in [5.41, 5.74) is 0. The van der Waals surface area contributed by atoms with Gasteiger partial charge in [-0.3, -0.25) is 9.59 Å². The van der Waals surface area contributed by atoms with E-state index in [1.807, 2.05) is 11.8 Å². The standard InChI is InChI=1S/C16H29N5O4S/c1-4-20-6-7-21(11-15(20)23)16(18-10-14(22)19(2)3)17-9-13-5-8-26(24,25)12-13/h13H,4-12H2,1-3H3,(H,17,18). The highest BCUT2D eigenvalue weighted by atomic mass is 32.2. The number of sulfone groups is 1. The van der Waals surface area contributed by atoms with Gasteiger partial charge in [0.05, 0.1) is 18.1 Å². The Bertz CT molecular complexity index is 662. The fourth-order valence-electron chi connectivity index (χ4n) is 3.04. The number of nitrogens with zero attached hydrogens (tertiary/aromatic N) is 4. The topological polar surface area (TPSA) is 102 Å². The Balaban J connectivity index is 2.03. The molecule has 2 aliphatic rings. The zero-order valence-electron chi connectivity index (χ0n) is 15.8. The van der Waals surface area contributed by atoms with E-state index in [2.05, 4.69) is 10.3 Å². The monoisotopic (exact) mass is 387 g/mol. The van der Waals surface area contributed by atoms with Gasteiger partial charge in [-0.05, 0) is 19.3 Å². The lowest BCUT2D eigenvalue weighted by molar-refractivity contribution is -0.134. The normalized spacial score (nSPS) is 23.3. The summed E-state index contributed by atoms with van der Waals surface area (Å²) in [6, 6.07) is 0. The molecule has 2 fully saturated rings. The number of likely N-dealkylation sites (N-methyl/N-ethyl adjacent to an activating group) is 2. The Morgan fingerprint density at radius 3 is 2.62 bits per heavy atom. The van der Waals surface area contributed by atoms with Crippen molar-refractivity contribution in [2.75, 3.05) is 64.9 Å². The van der Waals surface area contributed by atoms with Crippen LogP contribution in [0.25, 0.3) is 0 Å². The first-order valence-corrected chi connectivity index (χ1v) is 10.8. The molecule has 1 N–H and O–H groups in total. The van der Waals surface area contributed by atoms with E-state index in [4.69, 9.17) is 0 Å². The van der Waals surface area contributed by atoms with Crippen LogP contribution >= 0.6 is 0 Å². The van der Waals surface area contributed by atoms with Crippen molar-refractivity contribution < 1.29 is 18.0 Å². The number of amides is 2. The molecule has 0 aromatic carbocycles. The zero-order valence-corrected chi connectivity index (χ0v) is 16.6. The maximum atomic E-state index is 12.2. The van der Waals surface area contributed by atoms with Crippen LogP contribution < -0.4 is 5.32 Å². The first-order valence-electron chi connectivity index (χ1n) is 8.93. The van der Waals surface area contributed by atoms with Gasteiger partial charge in [0.15, 0.2) is 15.8 Å². The third-order valence-corrected chi connectivity index (χ3v) is 6.58. The first-order chi connectivity index (χ1) is 12.2. The maximum absolute atomic E-state index is 12.2. The van der Waals surface area contributed by atoms with Gasteiger partial charge in [0.25, 0.3) is 0 Å². The highest BCUT2D eigenvalue weighted by molar-refractivity contribution is 7.91. The fraction of sp³-hybridized carbons (Fsp3) is 0.812. The van der Waals surface area contributed by atoms with E-state index < -0.39 is 9.84 Å². The lowest BCUT2D eigenvalue weighted by Crippen LogP contribution is -2.55.